The standard InChI is InChI=1S/C14H16ClN3OS/c1-9-2-3-10(7-12(9)15)6-11-8-17-14(20-11)18-13(19)4-5-16/h2-3,7-8H,4-6,16H2,1H3,(H,17,18,19). The predicted molar refractivity (Wildman–Crippen MR) is 83.4 cm³/mol. The first-order chi connectivity index (χ1) is 9.58. The number of hydrogen-bond acceptors (Lipinski definition) is 4. The highest BCUT2D eigenvalue weighted by Gasteiger charge is 2.07. The quantitative estimate of drug-likeness (QED) is 0.892. The molecule has 106 valence electrons. The number of rotatable bonds is 5. The first-order valence-corrected chi connectivity index (χ1v) is 7.47. The van der Waals surface area contributed by atoms with Crippen LogP contribution < -0.4 is 11.1 Å². The minimum absolute atomic E-state index is 0.105. The van der Waals surface area contributed by atoms with Crippen molar-refractivity contribution >= 4 is 34.0 Å². The molecule has 6 heteroatoms. The second-order valence-corrected chi connectivity index (χ2v) is 6.00. The van der Waals surface area contributed by atoms with E-state index in [0.29, 0.717) is 18.1 Å². The number of aryl methyl sites for hydroxylation is 1. The number of benzene rings is 1. The molecule has 0 aliphatic carbocycles. The van der Waals surface area contributed by atoms with Gasteiger partial charge in [-0.25, -0.2) is 4.98 Å². The Morgan fingerprint density at radius 1 is 1.50 bits per heavy atom. The summed E-state index contributed by atoms with van der Waals surface area (Å²) in [6.45, 7) is 2.32. The maximum absolute atomic E-state index is 11.4. The zero-order chi connectivity index (χ0) is 14.5. The summed E-state index contributed by atoms with van der Waals surface area (Å²) in [7, 11) is 0. The molecule has 0 atom stereocenters. The molecule has 0 saturated carbocycles. The molecule has 2 rings (SSSR count). The van der Waals surface area contributed by atoms with Crippen LogP contribution in [0.2, 0.25) is 5.02 Å². The van der Waals surface area contributed by atoms with Crippen molar-refractivity contribution in [2.75, 3.05) is 11.9 Å². The fourth-order valence-corrected chi connectivity index (χ4v) is 2.77. The second-order valence-electron chi connectivity index (χ2n) is 4.48. The summed E-state index contributed by atoms with van der Waals surface area (Å²) in [4.78, 5) is 16.7. The van der Waals surface area contributed by atoms with Crippen molar-refractivity contribution in [2.24, 2.45) is 5.73 Å². The molecule has 0 aliphatic rings. The molecule has 4 nitrogen and oxygen atoms in total. The Bertz CT molecular complexity index is 612. The van der Waals surface area contributed by atoms with Gasteiger partial charge in [0.15, 0.2) is 5.13 Å². The van der Waals surface area contributed by atoms with Crippen molar-refractivity contribution in [1.29, 1.82) is 0 Å². The van der Waals surface area contributed by atoms with Gasteiger partial charge in [-0.05, 0) is 24.1 Å². The fraction of sp³-hybridized carbons (Fsp3) is 0.286. The van der Waals surface area contributed by atoms with Gasteiger partial charge < -0.3 is 11.1 Å². The number of halogens is 1. The zero-order valence-corrected chi connectivity index (χ0v) is 12.7. The number of carbonyl (C=O) groups excluding carboxylic acids is 1. The molecule has 1 heterocycles. The van der Waals surface area contributed by atoms with E-state index in [1.54, 1.807) is 6.20 Å². The Morgan fingerprint density at radius 2 is 2.30 bits per heavy atom. The summed E-state index contributed by atoms with van der Waals surface area (Å²) < 4.78 is 0. The van der Waals surface area contributed by atoms with Gasteiger partial charge in [0, 0.05) is 35.5 Å². The number of nitrogens with one attached hydrogen (secondary N) is 1. The van der Waals surface area contributed by atoms with Crippen LogP contribution in [0.1, 0.15) is 22.4 Å². The van der Waals surface area contributed by atoms with E-state index in [2.05, 4.69) is 10.3 Å². The third-order valence-electron chi connectivity index (χ3n) is 2.79. The summed E-state index contributed by atoms with van der Waals surface area (Å²) >= 11 is 7.57. The summed E-state index contributed by atoms with van der Waals surface area (Å²) in [6, 6.07) is 6.01. The monoisotopic (exact) mass is 309 g/mol. The number of nitrogens with zero attached hydrogens (tertiary/aromatic N) is 1. The average Bonchev–Trinajstić information content (AvgIpc) is 2.81. The van der Waals surface area contributed by atoms with Gasteiger partial charge >= 0.3 is 0 Å². The third-order valence-corrected chi connectivity index (χ3v) is 4.11. The van der Waals surface area contributed by atoms with Crippen LogP contribution in [-0.2, 0) is 11.2 Å². The smallest absolute Gasteiger partial charge is 0.227 e. The lowest BCUT2D eigenvalue weighted by molar-refractivity contribution is -0.116. The molecule has 0 unspecified atom stereocenters. The maximum atomic E-state index is 11.4. The minimum atomic E-state index is -0.105. The van der Waals surface area contributed by atoms with Gasteiger partial charge in [-0.15, -0.1) is 11.3 Å². The Morgan fingerprint density at radius 3 is 3.00 bits per heavy atom. The Balaban J connectivity index is 2.02. The highest BCUT2D eigenvalue weighted by atomic mass is 35.5. The van der Waals surface area contributed by atoms with Gasteiger partial charge in [-0.2, -0.15) is 0 Å². The van der Waals surface area contributed by atoms with Gasteiger partial charge in [-0.3, -0.25) is 4.79 Å². The summed E-state index contributed by atoms with van der Waals surface area (Å²) in [5.74, 6) is -0.105. The zero-order valence-electron chi connectivity index (χ0n) is 11.1. The Hall–Kier alpha value is -1.43. The van der Waals surface area contributed by atoms with Gasteiger partial charge in [0.25, 0.3) is 0 Å². The van der Waals surface area contributed by atoms with Crippen molar-refractivity contribution in [3.05, 3.63) is 45.4 Å². The molecule has 1 amide bonds. The van der Waals surface area contributed by atoms with Gasteiger partial charge in [0.2, 0.25) is 5.91 Å². The number of thiazole rings is 1. The van der Waals surface area contributed by atoms with Crippen molar-refractivity contribution in [1.82, 2.24) is 4.98 Å². The number of aromatic nitrogens is 1. The molecule has 20 heavy (non-hydrogen) atoms. The van der Waals surface area contributed by atoms with E-state index in [-0.39, 0.29) is 5.91 Å². The topological polar surface area (TPSA) is 68.0 Å². The molecule has 0 saturated heterocycles. The van der Waals surface area contributed by atoms with Crippen molar-refractivity contribution in [3.63, 3.8) is 0 Å². The van der Waals surface area contributed by atoms with E-state index in [4.69, 9.17) is 17.3 Å². The molecular weight excluding hydrogens is 294 g/mol. The minimum Gasteiger partial charge on any atom is -0.330 e. The molecule has 1 aromatic carbocycles. The highest BCUT2D eigenvalue weighted by molar-refractivity contribution is 7.15. The van der Waals surface area contributed by atoms with Crippen molar-refractivity contribution < 1.29 is 4.79 Å². The van der Waals surface area contributed by atoms with Gasteiger partial charge in [0.05, 0.1) is 0 Å². The molecule has 0 radical (unpaired) electrons. The summed E-state index contributed by atoms with van der Waals surface area (Å²) in [6.07, 6.45) is 2.84. The van der Waals surface area contributed by atoms with E-state index in [1.807, 2.05) is 25.1 Å². The highest BCUT2D eigenvalue weighted by Crippen LogP contribution is 2.23. The first kappa shape index (κ1) is 15.0. The molecule has 0 bridgehead atoms. The van der Waals surface area contributed by atoms with Crippen LogP contribution in [0.5, 0.6) is 0 Å². The maximum Gasteiger partial charge on any atom is 0.227 e. The molecule has 0 fully saturated rings. The summed E-state index contributed by atoms with van der Waals surface area (Å²) in [5, 5.41) is 4.11. The van der Waals surface area contributed by atoms with Gasteiger partial charge in [0.1, 0.15) is 0 Å². The van der Waals surface area contributed by atoms with Gasteiger partial charge in [-0.1, -0.05) is 23.7 Å². The van der Waals surface area contributed by atoms with E-state index in [1.165, 1.54) is 11.3 Å². The molecule has 0 spiro atoms. The van der Waals surface area contributed by atoms with Crippen LogP contribution >= 0.6 is 22.9 Å². The predicted octanol–water partition coefficient (Wildman–Crippen LogP) is 2.98. The first-order valence-electron chi connectivity index (χ1n) is 6.28. The fourth-order valence-electron chi connectivity index (χ4n) is 1.71. The Kier molecular flexibility index (Phi) is 5.11. The molecular formula is C14H16ClN3OS. The number of hydrogen-bond donors (Lipinski definition) is 2. The van der Waals surface area contributed by atoms with E-state index in [9.17, 15) is 4.79 Å². The van der Waals surface area contributed by atoms with Crippen LogP contribution in [0, 0.1) is 6.92 Å². The molecule has 1 aromatic heterocycles. The number of anilines is 1. The molecule has 0 aliphatic heterocycles. The van der Waals surface area contributed by atoms with Crippen molar-refractivity contribution in [2.45, 2.75) is 19.8 Å². The van der Waals surface area contributed by atoms with Crippen LogP contribution in [0.15, 0.2) is 24.4 Å². The second kappa shape index (κ2) is 6.83. The normalized spacial score (nSPS) is 10.6. The van der Waals surface area contributed by atoms with Crippen molar-refractivity contribution in [3.8, 4) is 0 Å². The van der Waals surface area contributed by atoms with Crippen LogP contribution in [0.3, 0.4) is 0 Å². The Labute approximate surface area is 127 Å². The van der Waals surface area contributed by atoms with E-state index in [0.717, 1.165) is 27.4 Å². The third kappa shape index (κ3) is 4.03. The largest absolute Gasteiger partial charge is 0.330 e. The number of nitrogens with two attached hydrogens (primary N) is 1. The van der Waals surface area contributed by atoms with Crippen LogP contribution in [0.25, 0.3) is 0 Å². The van der Waals surface area contributed by atoms with E-state index >= 15 is 0 Å². The van der Waals surface area contributed by atoms with E-state index < -0.39 is 0 Å². The van der Waals surface area contributed by atoms with Crippen LogP contribution in [0.4, 0.5) is 5.13 Å². The summed E-state index contributed by atoms with van der Waals surface area (Å²) in [5.41, 5.74) is 7.52. The van der Waals surface area contributed by atoms with Crippen LogP contribution in [-0.4, -0.2) is 17.4 Å². The number of carbonyl (C=O) groups is 1. The lowest BCUT2D eigenvalue weighted by atomic mass is 10.1. The lowest BCUT2D eigenvalue weighted by Gasteiger charge is -2.02. The molecule has 3 N–H and O–H groups in total. The SMILES string of the molecule is Cc1ccc(Cc2cnc(NC(=O)CCN)s2)cc1Cl. The number of amides is 1. The molecule has 2 aromatic rings. The lowest BCUT2D eigenvalue weighted by Crippen LogP contribution is -2.15. The average molecular weight is 310 g/mol.